The zero-order valence-electron chi connectivity index (χ0n) is 16.0. The van der Waals surface area contributed by atoms with Crippen molar-refractivity contribution in [1.29, 1.82) is 0 Å². The second-order valence-corrected chi connectivity index (χ2v) is 13.4. The zero-order chi connectivity index (χ0) is 18.3. The molecule has 1 aromatic rings. The predicted octanol–water partition coefficient (Wildman–Crippen LogP) is 4.49. The Balaban J connectivity index is 2.74. The molecule has 1 aromatic carbocycles. The van der Waals surface area contributed by atoms with Crippen LogP contribution in [0.25, 0.3) is 0 Å². The number of allylic oxidation sites excluding steroid dienone is 2. The Morgan fingerprint density at radius 1 is 1.25 bits per heavy atom. The van der Waals surface area contributed by atoms with Gasteiger partial charge in [-0.25, -0.2) is 0 Å². The molecule has 4 heteroatoms. The Kier molecular flexibility index (Phi) is 7.90. The number of nitrogens with zero attached hydrogens (tertiary/aromatic N) is 1. The summed E-state index contributed by atoms with van der Waals surface area (Å²) in [6, 6.07) is 10.4. The largest absolute Gasteiger partial charge is 0.386 e. The fraction of sp³-hybridized carbons (Fsp3) is 0.550. The van der Waals surface area contributed by atoms with Gasteiger partial charge in [0.25, 0.3) is 0 Å². The quantitative estimate of drug-likeness (QED) is 0.556. The summed E-state index contributed by atoms with van der Waals surface area (Å²) in [5, 5.41) is 10.5. The highest BCUT2D eigenvalue weighted by Crippen LogP contribution is 2.24. The van der Waals surface area contributed by atoms with E-state index < -0.39 is 14.2 Å². The van der Waals surface area contributed by atoms with E-state index >= 15 is 0 Å². The lowest BCUT2D eigenvalue weighted by molar-refractivity contribution is -0.134. The number of carbonyl (C=O) groups is 1. The van der Waals surface area contributed by atoms with Gasteiger partial charge in [-0.15, -0.1) is 0 Å². The fourth-order valence-electron chi connectivity index (χ4n) is 3.00. The Morgan fingerprint density at radius 2 is 1.83 bits per heavy atom. The minimum absolute atomic E-state index is 0.0961. The van der Waals surface area contributed by atoms with Crippen molar-refractivity contribution >= 4 is 14.0 Å². The predicted molar refractivity (Wildman–Crippen MR) is 105 cm³/mol. The van der Waals surface area contributed by atoms with Crippen LogP contribution in [-0.4, -0.2) is 37.1 Å². The van der Waals surface area contributed by atoms with Crippen molar-refractivity contribution in [3.63, 3.8) is 0 Å². The summed E-state index contributed by atoms with van der Waals surface area (Å²) in [5.74, 6) is 0.386. The second-order valence-electron chi connectivity index (χ2n) is 7.86. The first-order chi connectivity index (χ1) is 11.2. The SMILES string of the molecule is C/C=C/C(CC(=O)N(C)[C@@H](C)[C@@H](O)c1ccccc1)C[Si](C)(C)C. The molecule has 3 nitrogen and oxygen atoms in total. The molecule has 0 aromatic heterocycles. The lowest BCUT2D eigenvalue weighted by Gasteiger charge is -2.31. The number of benzene rings is 1. The van der Waals surface area contributed by atoms with Crippen LogP contribution in [0.1, 0.15) is 31.9 Å². The van der Waals surface area contributed by atoms with Gasteiger partial charge in [-0.2, -0.15) is 0 Å². The molecule has 0 spiro atoms. The molecule has 0 bridgehead atoms. The molecule has 0 aliphatic rings. The molecule has 0 saturated carbocycles. The van der Waals surface area contributed by atoms with Crippen LogP contribution >= 0.6 is 0 Å². The number of hydrogen-bond donors (Lipinski definition) is 1. The summed E-state index contributed by atoms with van der Waals surface area (Å²) in [4.78, 5) is 14.4. The fourth-order valence-corrected chi connectivity index (χ4v) is 4.86. The average molecular weight is 348 g/mol. The summed E-state index contributed by atoms with van der Waals surface area (Å²) < 4.78 is 0. The first-order valence-corrected chi connectivity index (χ1v) is 12.5. The van der Waals surface area contributed by atoms with Crippen LogP contribution in [0.4, 0.5) is 0 Å². The van der Waals surface area contributed by atoms with E-state index in [2.05, 4.69) is 25.7 Å². The molecular formula is C20H33NO2Si. The lowest BCUT2D eigenvalue weighted by Crippen LogP contribution is -2.40. The smallest absolute Gasteiger partial charge is 0.223 e. The van der Waals surface area contributed by atoms with Crippen molar-refractivity contribution < 1.29 is 9.90 Å². The van der Waals surface area contributed by atoms with Crippen LogP contribution in [0.15, 0.2) is 42.5 Å². The normalized spacial score (nSPS) is 16.0. The van der Waals surface area contributed by atoms with Crippen LogP contribution in [0.5, 0.6) is 0 Å². The van der Waals surface area contributed by atoms with Gasteiger partial charge in [0.2, 0.25) is 5.91 Å². The molecule has 1 unspecified atom stereocenters. The Morgan fingerprint density at radius 3 is 2.33 bits per heavy atom. The average Bonchev–Trinajstić information content (AvgIpc) is 2.52. The van der Waals surface area contributed by atoms with Crippen molar-refractivity contribution in [2.75, 3.05) is 7.05 Å². The Labute approximate surface area is 148 Å². The first kappa shape index (κ1) is 20.7. The molecule has 0 heterocycles. The van der Waals surface area contributed by atoms with E-state index in [0.29, 0.717) is 6.42 Å². The van der Waals surface area contributed by atoms with Crippen molar-refractivity contribution in [3.05, 3.63) is 48.0 Å². The molecule has 0 aliphatic heterocycles. The van der Waals surface area contributed by atoms with Gasteiger partial charge in [0.05, 0.1) is 12.1 Å². The van der Waals surface area contributed by atoms with Crippen LogP contribution in [0.2, 0.25) is 25.7 Å². The van der Waals surface area contributed by atoms with E-state index in [0.717, 1.165) is 11.6 Å². The minimum Gasteiger partial charge on any atom is -0.386 e. The van der Waals surface area contributed by atoms with Crippen molar-refractivity contribution in [1.82, 2.24) is 4.90 Å². The topological polar surface area (TPSA) is 40.5 Å². The molecule has 3 atom stereocenters. The van der Waals surface area contributed by atoms with Crippen LogP contribution in [0.3, 0.4) is 0 Å². The van der Waals surface area contributed by atoms with Gasteiger partial charge in [0.1, 0.15) is 0 Å². The lowest BCUT2D eigenvalue weighted by atomic mass is 10.0. The van der Waals surface area contributed by atoms with Crippen LogP contribution < -0.4 is 0 Å². The number of likely N-dealkylation sites (N-methyl/N-ethyl adjacent to an activating group) is 1. The summed E-state index contributed by atoms with van der Waals surface area (Å²) in [6.45, 7) is 10.9. The van der Waals surface area contributed by atoms with E-state index in [-0.39, 0.29) is 17.9 Å². The van der Waals surface area contributed by atoms with E-state index in [1.54, 1.807) is 11.9 Å². The number of aliphatic hydroxyl groups is 1. The molecule has 0 saturated heterocycles. The number of aliphatic hydroxyl groups excluding tert-OH is 1. The summed E-state index contributed by atoms with van der Waals surface area (Å²) in [5.41, 5.74) is 0.844. The number of amides is 1. The second kappa shape index (κ2) is 9.18. The maximum atomic E-state index is 12.7. The highest BCUT2D eigenvalue weighted by atomic mass is 28.3. The first-order valence-electron chi connectivity index (χ1n) is 8.77. The van der Waals surface area contributed by atoms with E-state index in [4.69, 9.17) is 0 Å². The number of carbonyl (C=O) groups excluding carboxylic acids is 1. The van der Waals surface area contributed by atoms with Gasteiger partial charge in [-0.3, -0.25) is 4.79 Å². The van der Waals surface area contributed by atoms with E-state index in [1.165, 1.54) is 0 Å². The molecule has 24 heavy (non-hydrogen) atoms. The van der Waals surface area contributed by atoms with Gasteiger partial charge in [-0.1, -0.05) is 68.2 Å². The highest BCUT2D eigenvalue weighted by Gasteiger charge is 2.27. The van der Waals surface area contributed by atoms with Crippen LogP contribution in [-0.2, 0) is 4.79 Å². The Bertz CT molecular complexity index is 536. The van der Waals surface area contributed by atoms with E-state index in [9.17, 15) is 9.90 Å². The Hall–Kier alpha value is -1.39. The highest BCUT2D eigenvalue weighted by molar-refractivity contribution is 6.76. The standard InChI is InChI=1S/C20H33NO2Si/c1-7-11-17(15-24(4,5)6)14-19(22)21(3)16(2)20(23)18-12-9-8-10-13-18/h7-13,16-17,20,23H,14-15H2,1-6H3/b11-7+/t16-,17?,20+/m0/s1. The third kappa shape index (κ3) is 6.61. The van der Waals surface area contributed by atoms with Gasteiger partial charge in [-0.05, 0) is 25.3 Å². The molecule has 0 fully saturated rings. The van der Waals surface area contributed by atoms with Gasteiger partial charge >= 0.3 is 0 Å². The van der Waals surface area contributed by atoms with E-state index in [1.807, 2.05) is 50.3 Å². The minimum atomic E-state index is -1.23. The van der Waals surface area contributed by atoms with Gasteiger partial charge < -0.3 is 10.0 Å². The number of hydrogen-bond acceptors (Lipinski definition) is 2. The maximum Gasteiger partial charge on any atom is 0.223 e. The molecule has 1 amide bonds. The molecule has 0 aliphatic carbocycles. The van der Waals surface area contributed by atoms with Crippen molar-refractivity contribution in [3.8, 4) is 0 Å². The maximum absolute atomic E-state index is 12.7. The summed E-state index contributed by atoms with van der Waals surface area (Å²) in [7, 11) is 0.560. The van der Waals surface area contributed by atoms with Crippen molar-refractivity contribution in [2.24, 2.45) is 5.92 Å². The van der Waals surface area contributed by atoms with Gasteiger partial charge in [0, 0.05) is 21.5 Å². The molecule has 0 radical (unpaired) electrons. The third-order valence-electron chi connectivity index (χ3n) is 4.38. The zero-order valence-corrected chi connectivity index (χ0v) is 17.0. The van der Waals surface area contributed by atoms with Gasteiger partial charge in [0.15, 0.2) is 0 Å². The van der Waals surface area contributed by atoms with Crippen LogP contribution in [0, 0.1) is 5.92 Å². The number of rotatable bonds is 8. The monoisotopic (exact) mass is 347 g/mol. The molecule has 134 valence electrons. The summed E-state index contributed by atoms with van der Waals surface area (Å²) >= 11 is 0. The summed E-state index contributed by atoms with van der Waals surface area (Å²) in [6.07, 6.45) is 4.04. The third-order valence-corrected chi connectivity index (χ3v) is 6.13. The molecular weight excluding hydrogens is 314 g/mol. The molecule has 1 rings (SSSR count). The molecule has 1 N–H and O–H groups in total. The van der Waals surface area contributed by atoms with Crippen molar-refractivity contribution in [2.45, 2.75) is 58.1 Å².